The molecule has 184 valence electrons. The molecule has 6 atom stereocenters. The molecule has 0 radical (unpaired) electrons. The first kappa shape index (κ1) is 24.4. The number of fused-ring (bicyclic) bond motifs is 2. The van der Waals surface area contributed by atoms with E-state index >= 15 is 0 Å². The number of hydrogen-bond acceptors (Lipinski definition) is 12. The lowest BCUT2D eigenvalue weighted by atomic mass is 9.72. The maximum atomic E-state index is 11.6. The molecule has 0 spiro atoms. The van der Waals surface area contributed by atoms with Crippen LogP contribution in [0.25, 0.3) is 5.65 Å². The van der Waals surface area contributed by atoms with E-state index in [1.54, 1.807) is 27.7 Å². The predicted octanol–water partition coefficient (Wildman–Crippen LogP) is 1.77. The molecule has 3 unspecified atom stereocenters. The molecule has 2 aliphatic rings. The van der Waals surface area contributed by atoms with Gasteiger partial charge in [-0.25, -0.2) is 19.3 Å². The monoisotopic (exact) mass is 494 g/mol. The number of nitrogens with two attached hydrogens (primary N) is 1. The van der Waals surface area contributed by atoms with Gasteiger partial charge < -0.3 is 29.4 Å². The van der Waals surface area contributed by atoms with Crippen LogP contribution in [0.3, 0.4) is 0 Å². The molecular weight excluding hydrogens is 467 g/mol. The van der Waals surface area contributed by atoms with E-state index in [1.165, 1.54) is 17.0 Å². The molecule has 2 fully saturated rings. The third kappa shape index (κ3) is 4.12. The van der Waals surface area contributed by atoms with Crippen molar-refractivity contribution in [2.24, 2.45) is 5.92 Å². The zero-order chi connectivity index (χ0) is 24.9. The van der Waals surface area contributed by atoms with Crippen molar-refractivity contribution in [3.05, 3.63) is 18.2 Å². The largest absolute Gasteiger partial charge is 0.510 e. The third-order valence-electron chi connectivity index (χ3n) is 6.18. The van der Waals surface area contributed by atoms with Crippen molar-refractivity contribution < 1.29 is 32.9 Å². The second-order valence-corrected chi connectivity index (χ2v) is 10.8. The van der Waals surface area contributed by atoms with Crippen molar-refractivity contribution in [1.82, 2.24) is 19.6 Å². The van der Waals surface area contributed by atoms with Gasteiger partial charge in [0.15, 0.2) is 11.5 Å². The van der Waals surface area contributed by atoms with E-state index in [-0.39, 0.29) is 18.3 Å². The number of hydrogen-bond donors (Lipinski definition) is 2. The number of ether oxygens (including phenoxy) is 2. The fourth-order valence-corrected chi connectivity index (χ4v) is 5.74. The van der Waals surface area contributed by atoms with Crippen LogP contribution in [-0.4, -0.2) is 67.8 Å². The summed E-state index contributed by atoms with van der Waals surface area (Å²) in [4.78, 5) is 19.8. The van der Waals surface area contributed by atoms with E-state index in [0.717, 1.165) is 0 Å². The maximum absolute atomic E-state index is 11.6. The highest BCUT2D eigenvalue weighted by atomic mass is 31.2. The summed E-state index contributed by atoms with van der Waals surface area (Å²) in [6.45, 7) is 6.34. The van der Waals surface area contributed by atoms with Crippen molar-refractivity contribution in [2.75, 3.05) is 12.5 Å². The average molecular weight is 494 g/mol. The Bertz CT molecular complexity index is 1200. The lowest BCUT2D eigenvalue weighted by molar-refractivity contribution is -0.0958. The maximum Gasteiger partial charge on any atom is 0.510 e. The normalized spacial score (nSPS) is 30.7. The standard InChI is InChI=1S/C20H27N6O7P/c1-11(2)31-18(27)29-10-30-34(5)32-14-6-20(14,28)15(33-34)12(3)19(4,8-21)13-7-23-17-16(22)24-9-25-26(13)17/h7,9,11-12,14-15,28H,5-6,10H2,1-4H3,(H2,22,24,25)/t12?,14-,15-,19-,20?,34?/m0/s1. The first-order valence-corrected chi connectivity index (χ1v) is 12.3. The van der Waals surface area contributed by atoms with Crippen LogP contribution in [-0.2, 0) is 28.5 Å². The van der Waals surface area contributed by atoms with Crippen LogP contribution in [0.2, 0.25) is 0 Å². The Morgan fingerprint density at radius 1 is 1.50 bits per heavy atom. The van der Waals surface area contributed by atoms with Gasteiger partial charge in [-0.3, -0.25) is 4.52 Å². The molecule has 4 rings (SSSR count). The summed E-state index contributed by atoms with van der Waals surface area (Å²) >= 11 is 0. The van der Waals surface area contributed by atoms with Gasteiger partial charge in [-0.05, 0) is 27.1 Å². The summed E-state index contributed by atoms with van der Waals surface area (Å²) in [5.74, 6) is -0.423. The average Bonchev–Trinajstić information content (AvgIpc) is 3.22. The van der Waals surface area contributed by atoms with Crippen molar-refractivity contribution in [2.45, 2.75) is 63.4 Å². The molecule has 2 aromatic rings. The van der Waals surface area contributed by atoms with E-state index in [1.807, 2.05) is 0 Å². The third-order valence-corrected chi connectivity index (χ3v) is 7.81. The molecule has 0 bridgehead atoms. The summed E-state index contributed by atoms with van der Waals surface area (Å²) in [7, 11) is -3.25. The highest BCUT2D eigenvalue weighted by molar-refractivity contribution is 7.59. The zero-order valence-corrected chi connectivity index (χ0v) is 20.1. The Balaban J connectivity index is 1.57. The van der Waals surface area contributed by atoms with Crippen LogP contribution in [0.15, 0.2) is 12.5 Å². The molecule has 0 aromatic carbocycles. The van der Waals surface area contributed by atoms with Gasteiger partial charge in [0.05, 0.1) is 24.1 Å². The molecule has 1 saturated carbocycles. The Morgan fingerprint density at radius 2 is 2.24 bits per heavy atom. The second kappa shape index (κ2) is 8.48. The predicted molar refractivity (Wildman–Crippen MR) is 119 cm³/mol. The van der Waals surface area contributed by atoms with Crippen LogP contribution in [0.5, 0.6) is 0 Å². The van der Waals surface area contributed by atoms with Gasteiger partial charge in [-0.15, -0.1) is 0 Å². The van der Waals surface area contributed by atoms with Gasteiger partial charge >= 0.3 is 6.16 Å². The van der Waals surface area contributed by atoms with E-state index in [2.05, 4.69) is 27.4 Å². The molecule has 2 aromatic heterocycles. The van der Waals surface area contributed by atoms with Crippen LogP contribution < -0.4 is 5.73 Å². The summed E-state index contributed by atoms with van der Waals surface area (Å²) in [5.41, 5.74) is 4.12. The number of imidazole rings is 1. The number of nitrogens with zero attached hydrogens (tertiary/aromatic N) is 5. The van der Waals surface area contributed by atoms with Gasteiger partial charge in [-0.2, -0.15) is 10.4 Å². The summed E-state index contributed by atoms with van der Waals surface area (Å²) in [6.07, 6.45) is 4.25. The molecule has 13 nitrogen and oxygen atoms in total. The van der Waals surface area contributed by atoms with Gasteiger partial charge in [0.2, 0.25) is 6.79 Å². The lowest BCUT2D eigenvalue weighted by Crippen LogP contribution is -2.49. The summed E-state index contributed by atoms with van der Waals surface area (Å²) in [6, 6.07) is 2.32. The molecule has 14 heteroatoms. The first-order chi connectivity index (χ1) is 15.9. The molecular formula is C20H27N6O7P. The smallest absolute Gasteiger partial charge is 0.432 e. The minimum Gasteiger partial charge on any atom is -0.432 e. The lowest BCUT2D eigenvalue weighted by Gasteiger charge is -2.42. The summed E-state index contributed by atoms with van der Waals surface area (Å²) in [5, 5.41) is 25.6. The molecule has 0 amide bonds. The Morgan fingerprint density at radius 3 is 2.91 bits per heavy atom. The molecule has 3 N–H and O–H groups in total. The van der Waals surface area contributed by atoms with Gasteiger partial charge in [0.1, 0.15) is 29.6 Å². The number of carbonyl (C=O) groups excluding carboxylic acids is 1. The fourth-order valence-electron chi connectivity index (χ4n) is 4.00. The number of aromatic nitrogens is 4. The Kier molecular flexibility index (Phi) is 6.08. The van der Waals surface area contributed by atoms with Crippen molar-refractivity contribution in [1.29, 1.82) is 5.26 Å². The van der Waals surface area contributed by atoms with Gasteiger partial charge in [-0.1, -0.05) is 6.92 Å². The van der Waals surface area contributed by atoms with Gasteiger partial charge in [0.25, 0.3) is 7.57 Å². The SMILES string of the molecule is C=P1(OCOC(=O)OC(C)C)O[C@H]2CC2(O)[C@H](C(C)[C@](C)(C#N)c2cnc3c(N)ncnn23)O1. The van der Waals surface area contributed by atoms with Crippen LogP contribution in [0.4, 0.5) is 10.6 Å². The van der Waals surface area contributed by atoms with Gasteiger partial charge in [0, 0.05) is 12.3 Å². The van der Waals surface area contributed by atoms with Crippen molar-refractivity contribution in [3.63, 3.8) is 0 Å². The van der Waals surface area contributed by atoms with Crippen molar-refractivity contribution >= 4 is 31.5 Å². The number of rotatable bonds is 7. The van der Waals surface area contributed by atoms with E-state index in [0.29, 0.717) is 11.3 Å². The van der Waals surface area contributed by atoms with Crippen LogP contribution in [0.1, 0.15) is 39.8 Å². The Labute approximate surface area is 195 Å². The molecule has 1 aliphatic carbocycles. The number of carbonyl (C=O) groups is 1. The minimum absolute atomic E-state index is 0.171. The van der Waals surface area contributed by atoms with E-state index in [9.17, 15) is 15.2 Å². The topological polar surface area (TPSA) is 176 Å². The molecule has 3 heterocycles. The number of nitriles is 1. The fraction of sp³-hybridized carbons (Fsp3) is 0.600. The van der Waals surface area contributed by atoms with Crippen molar-refractivity contribution in [3.8, 4) is 6.07 Å². The quantitative estimate of drug-likeness (QED) is 0.324. The Hall–Kier alpha value is -2.75. The highest BCUT2D eigenvalue weighted by Gasteiger charge is 2.68. The zero-order valence-electron chi connectivity index (χ0n) is 19.2. The number of anilines is 1. The molecule has 1 saturated heterocycles. The summed E-state index contributed by atoms with van der Waals surface area (Å²) < 4.78 is 28.6. The second-order valence-electron chi connectivity index (χ2n) is 8.86. The first-order valence-electron chi connectivity index (χ1n) is 10.6. The van der Waals surface area contributed by atoms with E-state index in [4.69, 9.17) is 28.8 Å². The number of aliphatic hydroxyl groups is 1. The minimum atomic E-state index is -3.25. The number of nitrogen functional groups attached to an aromatic ring is 1. The highest BCUT2D eigenvalue weighted by Crippen LogP contribution is 2.66. The molecule has 34 heavy (non-hydrogen) atoms. The van der Waals surface area contributed by atoms with E-state index < -0.39 is 49.7 Å². The van der Waals surface area contributed by atoms with Crippen LogP contribution in [0, 0.1) is 17.2 Å². The van der Waals surface area contributed by atoms with Crippen LogP contribution >= 0.6 is 7.57 Å². The molecule has 1 aliphatic heterocycles.